The minimum absolute atomic E-state index is 0.00556. The molecule has 7 heteroatoms. The molecule has 3 N–H and O–H groups in total. The van der Waals surface area contributed by atoms with Crippen LogP contribution in [0, 0.1) is 0 Å². The zero-order valence-corrected chi connectivity index (χ0v) is 12.7. The van der Waals surface area contributed by atoms with Crippen molar-refractivity contribution in [3.8, 4) is 5.75 Å². The lowest BCUT2D eigenvalue weighted by molar-refractivity contribution is 0.214. The molecule has 0 unspecified atom stereocenters. The quantitative estimate of drug-likeness (QED) is 0.697. The van der Waals surface area contributed by atoms with Crippen LogP contribution in [0.2, 0.25) is 0 Å². The van der Waals surface area contributed by atoms with E-state index >= 15 is 0 Å². The number of rotatable bonds is 6. The van der Waals surface area contributed by atoms with Crippen LogP contribution < -0.4 is 20.7 Å². The molecule has 0 radical (unpaired) electrons. The third-order valence-corrected chi connectivity index (χ3v) is 3.46. The Hall–Kier alpha value is -2.83. The average molecular weight is 313 g/mol. The Morgan fingerprint density at radius 3 is 2.78 bits per heavy atom. The number of fused-ring (bicyclic) bond motifs is 1. The first-order chi connectivity index (χ1) is 11.3. The van der Waals surface area contributed by atoms with Crippen molar-refractivity contribution < 1.29 is 9.53 Å². The summed E-state index contributed by atoms with van der Waals surface area (Å²) in [7, 11) is 0. The molecule has 1 aromatic heterocycles. The SMILES string of the molecule is O=C(NCCNc1ncccn1)NC[C@@H]1Cc2ccccc2O1. The maximum atomic E-state index is 11.7. The second kappa shape index (κ2) is 7.44. The largest absolute Gasteiger partial charge is 0.488 e. The summed E-state index contributed by atoms with van der Waals surface area (Å²) in [6.07, 6.45) is 4.14. The first kappa shape index (κ1) is 15.1. The highest BCUT2D eigenvalue weighted by molar-refractivity contribution is 5.73. The number of carbonyl (C=O) groups excluding carboxylic acids is 1. The van der Waals surface area contributed by atoms with Gasteiger partial charge in [-0.3, -0.25) is 0 Å². The summed E-state index contributed by atoms with van der Waals surface area (Å²) in [5.41, 5.74) is 1.19. The van der Waals surface area contributed by atoms with Crippen LogP contribution in [0.3, 0.4) is 0 Å². The summed E-state index contributed by atoms with van der Waals surface area (Å²) in [5.74, 6) is 1.46. The smallest absolute Gasteiger partial charge is 0.314 e. The number of hydrogen-bond donors (Lipinski definition) is 3. The number of hydrogen-bond acceptors (Lipinski definition) is 5. The number of ether oxygens (including phenoxy) is 1. The van der Waals surface area contributed by atoms with Crippen molar-refractivity contribution in [1.82, 2.24) is 20.6 Å². The van der Waals surface area contributed by atoms with Crippen molar-refractivity contribution >= 4 is 12.0 Å². The Balaban J connectivity index is 1.30. The zero-order chi connectivity index (χ0) is 15.9. The molecule has 0 bridgehead atoms. The van der Waals surface area contributed by atoms with Crippen molar-refractivity contribution in [2.45, 2.75) is 12.5 Å². The average Bonchev–Trinajstić information content (AvgIpc) is 3.01. The van der Waals surface area contributed by atoms with E-state index in [1.807, 2.05) is 24.3 Å². The maximum absolute atomic E-state index is 11.7. The standard InChI is InChI=1S/C16H19N5O2/c22-16(20-9-8-19-15-17-6-3-7-18-15)21-11-13-10-12-4-1-2-5-14(12)23-13/h1-7,13H,8-11H2,(H,17,18,19)(H2,20,21,22)/t13-/m0/s1. The van der Waals surface area contributed by atoms with Gasteiger partial charge in [0.05, 0.1) is 6.54 Å². The highest BCUT2D eigenvalue weighted by atomic mass is 16.5. The summed E-state index contributed by atoms with van der Waals surface area (Å²) in [6.45, 7) is 1.52. The highest BCUT2D eigenvalue weighted by Gasteiger charge is 2.22. The monoisotopic (exact) mass is 313 g/mol. The lowest BCUT2D eigenvalue weighted by atomic mass is 10.1. The minimum Gasteiger partial charge on any atom is -0.488 e. The Kier molecular flexibility index (Phi) is 4.88. The maximum Gasteiger partial charge on any atom is 0.314 e. The summed E-state index contributed by atoms with van der Waals surface area (Å²) < 4.78 is 5.77. The van der Waals surface area contributed by atoms with Gasteiger partial charge in [-0.1, -0.05) is 18.2 Å². The van der Waals surface area contributed by atoms with E-state index in [0.717, 1.165) is 12.2 Å². The predicted molar refractivity (Wildman–Crippen MR) is 86.5 cm³/mol. The lowest BCUT2D eigenvalue weighted by Crippen LogP contribution is -2.42. The normalized spacial score (nSPS) is 15.4. The van der Waals surface area contributed by atoms with Crippen molar-refractivity contribution in [1.29, 1.82) is 0 Å². The summed E-state index contributed by atoms with van der Waals surface area (Å²) in [6, 6.07) is 9.49. The van der Waals surface area contributed by atoms with Crippen LogP contribution in [-0.4, -0.2) is 41.7 Å². The van der Waals surface area contributed by atoms with Crippen LogP contribution >= 0.6 is 0 Å². The van der Waals surface area contributed by atoms with Gasteiger partial charge >= 0.3 is 6.03 Å². The first-order valence-corrected chi connectivity index (χ1v) is 7.58. The molecule has 2 heterocycles. The molecule has 1 aliphatic heterocycles. The topological polar surface area (TPSA) is 88.2 Å². The van der Waals surface area contributed by atoms with E-state index in [4.69, 9.17) is 4.74 Å². The Bertz CT molecular complexity index is 625. The molecule has 1 aromatic carbocycles. The molecule has 0 saturated carbocycles. The highest BCUT2D eigenvalue weighted by Crippen LogP contribution is 2.27. The van der Waals surface area contributed by atoms with Gasteiger partial charge in [-0.25, -0.2) is 14.8 Å². The molecule has 0 spiro atoms. The number of nitrogens with zero attached hydrogens (tertiary/aromatic N) is 2. The van der Waals surface area contributed by atoms with Gasteiger partial charge in [-0.15, -0.1) is 0 Å². The van der Waals surface area contributed by atoms with Gasteiger partial charge < -0.3 is 20.7 Å². The number of para-hydroxylation sites is 1. The second-order valence-corrected chi connectivity index (χ2v) is 5.19. The fraction of sp³-hybridized carbons (Fsp3) is 0.312. The number of nitrogens with one attached hydrogen (secondary N) is 3. The third-order valence-electron chi connectivity index (χ3n) is 3.46. The fourth-order valence-electron chi connectivity index (χ4n) is 2.38. The molecular weight excluding hydrogens is 294 g/mol. The lowest BCUT2D eigenvalue weighted by Gasteiger charge is -2.12. The fourth-order valence-corrected chi connectivity index (χ4v) is 2.38. The van der Waals surface area contributed by atoms with E-state index in [1.165, 1.54) is 5.56 Å². The first-order valence-electron chi connectivity index (χ1n) is 7.58. The van der Waals surface area contributed by atoms with E-state index in [0.29, 0.717) is 25.6 Å². The molecule has 0 aliphatic carbocycles. The van der Waals surface area contributed by atoms with E-state index in [-0.39, 0.29) is 12.1 Å². The number of aromatic nitrogens is 2. The van der Waals surface area contributed by atoms with Gasteiger partial charge in [0.25, 0.3) is 0 Å². The van der Waals surface area contributed by atoms with E-state index in [9.17, 15) is 4.79 Å². The molecule has 1 atom stereocenters. The molecule has 120 valence electrons. The van der Waals surface area contributed by atoms with Crippen LogP contribution in [0.4, 0.5) is 10.7 Å². The summed E-state index contributed by atoms with van der Waals surface area (Å²) in [4.78, 5) is 19.8. The van der Waals surface area contributed by atoms with Crippen LogP contribution in [-0.2, 0) is 6.42 Å². The van der Waals surface area contributed by atoms with Crippen molar-refractivity contribution in [3.05, 3.63) is 48.3 Å². The Morgan fingerprint density at radius 2 is 1.96 bits per heavy atom. The number of benzene rings is 1. The van der Waals surface area contributed by atoms with E-state index in [2.05, 4.69) is 25.9 Å². The molecule has 2 amide bonds. The van der Waals surface area contributed by atoms with Crippen LogP contribution in [0.5, 0.6) is 5.75 Å². The van der Waals surface area contributed by atoms with Crippen molar-refractivity contribution in [2.75, 3.05) is 25.0 Å². The number of carbonyl (C=O) groups is 1. The van der Waals surface area contributed by atoms with Crippen LogP contribution in [0.15, 0.2) is 42.7 Å². The third kappa shape index (κ3) is 4.32. The molecule has 0 saturated heterocycles. The van der Waals surface area contributed by atoms with Gasteiger partial charge in [-0.05, 0) is 17.7 Å². The van der Waals surface area contributed by atoms with Gasteiger partial charge in [-0.2, -0.15) is 0 Å². The molecule has 23 heavy (non-hydrogen) atoms. The van der Waals surface area contributed by atoms with Gasteiger partial charge in [0.2, 0.25) is 5.95 Å². The minimum atomic E-state index is -0.208. The number of amides is 2. The predicted octanol–water partition coefficient (Wildman–Crippen LogP) is 1.19. The van der Waals surface area contributed by atoms with Crippen LogP contribution in [0.25, 0.3) is 0 Å². The van der Waals surface area contributed by atoms with Crippen molar-refractivity contribution in [2.24, 2.45) is 0 Å². The van der Waals surface area contributed by atoms with E-state index < -0.39 is 0 Å². The van der Waals surface area contributed by atoms with Gasteiger partial charge in [0, 0.05) is 31.9 Å². The molecule has 2 aromatic rings. The second-order valence-electron chi connectivity index (χ2n) is 5.19. The Labute approximate surface area is 134 Å². The zero-order valence-electron chi connectivity index (χ0n) is 12.7. The number of anilines is 1. The van der Waals surface area contributed by atoms with Crippen molar-refractivity contribution in [3.63, 3.8) is 0 Å². The Morgan fingerprint density at radius 1 is 1.13 bits per heavy atom. The van der Waals surface area contributed by atoms with Gasteiger partial charge in [0.15, 0.2) is 0 Å². The van der Waals surface area contributed by atoms with Gasteiger partial charge in [0.1, 0.15) is 11.9 Å². The summed E-state index contributed by atoms with van der Waals surface area (Å²) in [5, 5.41) is 8.62. The molecule has 0 fully saturated rings. The van der Waals surface area contributed by atoms with Crippen LogP contribution in [0.1, 0.15) is 5.56 Å². The molecular formula is C16H19N5O2. The molecule has 1 aliphatic rings. The molecule has 7 nitrogen and oxygen atoms in total. The van der Waals surface area contributed by atoms with E-state index in [1.54, 1.807) is 18.5 Å². The number of urea groups is 1. The molecule has 3 rings (SSSR count). The summed E-state index contributed by atoms with van der Waals surface area (Å²) >= 11 is 0.